The van der Waals surface area contributed by atoms with Gasteiger partial charge in [-0.15, -0.1) is 0 Å². The molecule has 0 aliphatic rings. The number of nitrogens with zero attached hydrogens (tertiary/aromatic N) is 3. The van der Waals surface area contributed by atoms with Crippen molar-refractivity contribution in [3.05, 3.63) is 119 Å². The molecule has 4 rings (SSSR count). The second-order valence-electron chi connectivity index (χ2n) is 7.55. The maximum absolute atomic E-state index is 13.7. The maximum atomic E-state index is 13.7. The quantitative estimate of drug-likeness (QED) is 0.394. The topological polar surface area (TPSA) is 75.2 Å². The summed E-state index contributed by atoms with van der Waals surface area (Å²) in [6.07, 6.45) is 4.21. The molecule has 0 saturated heterocycles. The van der Waals surface area contributed by atoms with Crippen LogP contribution < -0.4 is 10.2 Å². The van der Waals surface area contributed by atoms with Gasteiger partial charge in [0.1, 0.15) is 17.6 Å². The lowest BCUT2D eigenvalue weighted by atomic mass is 10.0. The number of halogens is 2. The first-order valence-electron chi connectivity index (χ1n) is 10.4. The minimum absolute atomic E-state index is 0.0733. The number of anilines is 2. The van der Waals surface area contributed by atoms with E-state index < -0.39 is 23.7 Å². The van der Waals surface area contributed by atoms with E-state index in [1.54, 1.807) is 36.4 Å². The fourth-order valence-electron chi connectivity index (χ4n) is 3.43. The summed E-state index contributed by atoms with van der Waals surface area (Å²) in [7, 11) is 0. The molecular weight excluding hydrogens is 455 g/mol. The summed E-state index contributed by atoms with van der Waals surface area (Å²) in [6, 6.07) is 18.2. The van der Waals surface area contributed by atoms with Crippen LogP contribution in [-0.2, 0) is 4.79 Å². The van der Waals surface area contributed by atoms with Crippen LogP contribution in [0.1, 0.15) is 27.7 Å². The standard InChI is InChI=1S/C26H20ClFN4O2/c1-17-2-4-18(5-3-17)24(25(33)31-21-10-8-20(28)9-11-21)32(22-12-6-19(27)7-13-22)26(34)23-16-29-14-15-30-23/h2-16,24H,1H3,(H,31,33)/t24-/m1/s1. The first-order chi connectivity index (χ1) is 16.4. The van der Waals surface area contributed by atoms with Crippen LogP contribution in [0.5, 0.6) is 0 Å². The number of nitrogens with one attached hydrogen (secondary N) is 1. The number of carbonyl (C=O) groups is 2. The molecule has 1 heterocycles. The van der Waals surface area contributed by atoms with Gasteiger partial charge < -0.3 is 5.32 Å². The van der Waals surface area contributed by atoms with Gasteiger partial charge >= 0.3 is 0 Å². The molecule has 0 aliphatic carbocycles. The molecule has 0 unspecified atom stereocenters. The Balaban J connectivity index is 1.83. The lowest BCUT2D eigenvalue weighted by Gasteiger charge is -2.31. The molecule has 34 heavy (non-hydrogen) atoms. The SMILES string of the molecule is Cc1ccc([C@H](C(=O)Nc2ccc(F)cc2)N(C(=O)c2cnccn2)c2ccc(Cl)cc2)cc1. The van der Waals surface area contributed by atoms with Gasteiger partial charge in [-0.05, 0) is 61.0 Å². The Bertz CT molecular complexity index is 1280. The Hall–Kier alpha value is -4.10. The van der Waals surface area contributed by atoms with Gasteiger partial charge in [-0.3, -0.25) is 19.5 Å². The van der Waals surface area contributed by atoms with Crippen molar-refractivity contribution in [3.8, 4) is 0 Å². The van der Waals surface area contributed by atoms with E-state index >= 15 is 0 Å². The van der Waals surface area contributed by atoms with Crippen molar-refractivity contribution in [1.82, 2.24) is 9.97 Å². The Kier molecular flexibility index (Phi) is 6.94. The Labute approximate surface area is 201 Å². The molecule has 1 aromatic heterocycles. The fourth-order valence-corrected chi connectivity index (χ4v) is 3.55. The zero-order valence-electron chi connectivity index (χ0n) is 18.2. The predicted octanol–water partition coefficient (Wildman–Crippen LogP) is 5.60. The first kappa shape index (κ1) is 23.1. The molecule has 0 aliphatic heterocycles. The molecule has 2 amide bonds. The molecule has 0 radical (unpaired) electrons. The average Bonchev–Trinajstić information content (AvgIpc) is 2.85. The van der Waals surface area contributed by atoms with Gasteiger partial charge in [0, 0.05) is 28.8 Å². The van der Waals surface area contributed by atoms with E-state index in [2.05, 4.69) is 15.3 Å². The van der Waals surface area contributed by atoms with E-state index in [1.165, 1.54) is 47.8 Å². The van der Waals surface area contributed by atoms with E-state index in [1.807, 2.05) is 19.1 Å². The van der Waals surface area contributed by atoms with Gasteiger partial charge in [0.05, 0.1) is 6.20 Å². The molecular formula is C26H20ClFN4O2. The molecule has 1 atom stereocenters. The van der Waals surface area contributed by atoms with Crippen molar-refractivity contribution in [2.75, 3.05) is 10.2 Å². The number of hydrogen-bond donors (Lipinski definition) is 1. The van der Waals surface area contributed by atoms with Crippen LogP contribution in [0.4, 0.5) is 15.8 Å². The van der Waals surface area contributed by atoms with E-state index in [9.17, 15) is 14.0 Å². The molecule has 8 heteroatoms. The van der Waals surface area contributed by atoms with Crippen molar-refractivity contribution >= 4 is 34.8 Å². The Morgan fingerprint density at radius 3 is 2.24 bits per heavy atom. The number of aryl methyl sites for hydroxylation is 1. The van der Waals surface area contributed by atoms with Gasteiger partial charge in [-0.25, -0.2) is 9.37 Å². The number of benzene rings is 3. The van der Waals surface area contributed by atoms with Gasteiger partial charge in [0.2, 0.25) is 0 Å². The monoisotopic (exact) mass is 474 g/mol. The second kappa shape index (κ2) is 10.2. The molecule has 1 N–H and O–H groups in total. The summed E-state index contributed by atoms with van der Waals surface area (Å²) < 4.78 is 13.4. The molecule has 4 aromatic rings. The van der Waals surface area contributed by atoms with Crippen LogP contribution in [0, 0.1) is 12.7 Å². The van der Waals surface area contributed by atoms with E-state index in [-0.39, 0.29) is 5.69 Å². The molecule has 0 saturated carbocycles. The summed E-state index contributed by atoms with van der Waals surface area (Å²) in [5, 5.41) is 3.27. The zero-order valence-corrected chi connectivity index (χ0v) is 18.9. The third-order valence-electron chi connectivity index (χ3n) is 5.12. The molecule has 6 nitrogen and oxygen atoms in total. The number of aromatic nitrogens is 2. The highest BCUT2D eigenvalue weighted by molar-refractivity contribution is 6.30. The van der Waals surface area contributed by atoms with Crippen LogP contribution in [-0.4, -0.2) is 21.8 Å². The highest BCUT2D eigenvalue weighted by atomic mass is 35.5. The van der Waals surface area contributed by atoms with Crippen molar-refractivity contribution in [2.45, 2.75) is 13.0 Å². The first-order valence-corrected chi connectivity index (χ1v) is 10.8. The predicted molar refractivity (Wildman–Crippen MR) is 129 cm³/mol. The number of amides is 2. The van der Waals surface area contributed by atoms with E-state index in [0.29, 0.717) is 22.0 Å². The van der Waals surface area contributed by atoms with Crippen LogP contribution in [0.2, 0.25) is 5.02 Å². The van der Waals surface area contributed by atoms with Gasteiger partial charge in [-0.2, -0.15) is 0 Å². The van der Waals surface area contributed by atoms with Crippen LogP contribution in [0.25, 0.3) is 0 Å². The van der Waals surface area contributed by atoms with Crippen LogP contribution in [0.3, 0.4) is 0 Å². The lowest BCUT2D eigenvalue weighted by Crippen LogP contribution is -2.42. The minimum Gasteiger partial charge on any atom is -0.324 e. The van der Waals surface area contributed by atoms with Gasteiger partial charge in [-0.1, -0.05) is 41.4 Å². The fraction of sp³-hybridized carbons (Fsp3) is 0.0769. The molecule has 0 bridgehead atoms. The van der Waals surface area contributed by atoms with Crippen molar-refractivity contribution in [2.24, 2.45) is 0 Å². The van der Waals surface area contributed by atoms with E-state index in [0.717, 1.165) is 5.56 Å². The van der Waals surface area contributed by atoms with Gasteiger partial charge in [0.25, 0.3) is 11.8 Å². The summed E-state index contributed by atoms with van der Waals surface area (Å²) in [5.41, 5.74) is 2.49. The van der Waals surface area contributed by atoms with Crippen molar-refractivity contribution in [3.63, 3.8) is 0 Å². The Morgan fingerprint density at radius 2 is 1.62 bits per heavy atom. The number of hydrogen-bond acceptors (Lipinski definition) is 4. The normalized spacial score (nSPS) is 11.5. The number of carbonyl (C=O) groups excluding carboxylic acids is 2. The van der Waals surface area contributed by atoms with Gasteiger partial charge in [0.15, 0.2) is 0 Å². The maximum Gasteiger partial charge on any atom is 0.279 e. The molecule has 0 fully saturated rings. The summed E-state index contributed by atoms with van der Waals surface area (Å²) >= 11 is 6.07. The Morgan fingerprint density at radius 1 is 0.941 bits per heavy atom. The average molecular weight is 475 g/mol. The van der Waals surface area contributed by atoms with Crippen LogP contribution >= 0.6 is 11.6 Å². The highest BCUT2D eigenvalue weighted by Gasteiger charge is 2.34. The third-order valence-corrected chi connectivity index (χ3v) is 5.37. The lowest BCUT2D eigenvalue weighted by molar-refractivity contribution is -0.117. The largest absolute Gasteiger partial charge is 0.324 e. The minimum atomic E-state index is -1.07. The zero-order chi connectivity index (χ0) is 24.1. The van der Waals surface area contributed by atoms with Crippen LogP contribution in [0.15, 0.2) is 91.4 Å². The summed E-state index contributed by atoms with van der Waals surface area (Å²) in [4.78, 5) is 36.8. The smallest absolute Gasteiger partial charge is 0.279 e. The van der Waals surface area contributed by atoms with Crippen molar-refractivity contribution < 1.29 is 14.0 Å². The molecule has 3 aromatic carbocycles. The van der Waals surface area contributed by atoms with E-state index in [4.69, 9.17) is 11.6 Å². The summed E-state index contributed by atoms with van der Waals surface area (Å²) in [6.45, 7) is 1.93. The second-order valence-corrected chi connectivity index (χ2v) is 7.99. The van der Waals surface area contributed by atoms with Crippen molar-refractivity contribution in [1.29, 1.82) is 0 Å². The third kappa shape index (κ3) is 5.27. The molecule has 170 valence electrons. The molecule has 0 spiro atoms. The number of rotatable bonds is 6. The highest BCUT2D eigenvalue weighted by Crippen LogP contribution is 2.31. The summed E-state index contributed by atoms with van der Waals surface area (Å²) in [5.74, 6) is -1.42.